The van der Waals surface area contributed by atoms with E-state index < -0.39 is 13.7 Å². The summed E-state index contributed by atoms with van der Waals surface area (Å²) in [7, 11) is 0. The Labute approximate surface area is 165 Å². The van der Waals surface area contributed by atoms with Gasteiger partial charge in [0.25, 0.3) is 0 Å². The molecule has 2 aromatic carbocycles. The van der Waals surface area contributed by atoms with E-state index in [4.69, 9.17) is 12.6 Å². The molecule has 0 fully saturated rings. The van der Waals surface area contributed by atoms with Crippen molar-refractivity contribution in [2.75, 3.05) is 0 Å². The highest BCUT2D eigenvalue weighted by Crippen LogP contribution is 2.37. The molecular formula is C23H19N3O. The fraction of sp³-hybridized carbons (Fsp3) is 0.174. The average molecular weight is 359 g/mol. The van der Waals surface area contributed by atoms with E-state index in [0.717, 1.165) is 33.6 Å². The van der Waals surface area contributed by atoms with Gasteiger partial charge in [-0.25, -0.2) is 9.97 Å². The van der Waals surface area contributed by atoms with Gasteiger partial charge in [-0.1, -0.05) is 12.1 Å². The van der Waals surface area contributed by atoms with Crippen LogP contribution in [0.25, 0.3) is 44.1 Å². The average Bonchev–Trinajstić information content (AvgIpc) is 3.08. The van der Waals surface area contributed by atoms with Crippen LogP contribution in [0.15, 0.2) is 47.0 Å². The molecule has 0 spiro atoms. The predicted octanol–water partition coefficient (Wildman–Crippen LogP) is 5.82. The van der Waals surface area contributed by atoms with E-state index >= 15 is 0 Å². The van der Waals surface area contributed by atoms with Gasteiger partial charge in [0.2, 0.25) is 0 Å². The standard InChI is InChI=1S/C23H19N3O/c1-12-8-20(24-11-13(12)2)17-7-5-6-16-19-9-21-18(10-22(19)27-23(16)17)14(3)25-15(4)26-21/h5-11H,1-4H3/i1D3,2D3. The SMILES string of the molecule is [2H]C([2H])([2H])c1cnc(-c2cccc3c2oc2cc4c(C)nc(C)nc4cc23)cc1C([2H])([2H])[2H]. The highest BCUT2D eigenvalue weighted by Gasteiger charge is 2.15. The second kappa shape index (κ2) is 5.61. The summed E-state index contributed by atoms with van der Waals surface area (Å²) in [5.74, 6) is 0.684. The van der Waals surface area contributed by atoms with Crippen LogP contribution in [0, 0.1) is 27.6 Å². The molecule has 5 aromatic rings. The second-order valence-electron chi connectivity index (χ2n) is 6.62. The third-order valence-corrected chi connectivity index (χ3v) is 4.80. The zero-order valence-corrected chi connectivity index (χ0v) is 14.8. The number of hydrogen-bond donors (Lipinski definition) is 0. The van der Waals surface area contributed by atoms with E-state index in [-0.39, 0.29) is 11.1 Å². The lowest BCUT2D eigenvalue weighted by molar-refractivity contribution is 0.670. The summed E-state index contributed by atoms with van der Waals surface area (Å²) in [4.78, 5) is 13.3. The van der Waals surface area contributed by atoms with Gasteiger partial charge >= 0.3 is 0 Å². The Kier molecular flexibility index (Phi) is 2.24. The first-order valence-electron chi connectivity index (χ1n) is 11.5. The molecule has 0 saturated heterocycles. The first-order chi connectivity index (χ1) is 15.4. The van der Waals surface area contributed by atoms with Crippen LogP contribution in [-0.4, -0.2) is 15.0 Å². The molecule has 27 heavy (non-hydrogen) atoms. The maximum atomic E-state index is 7.84. The molecule has 0 aliphatic rings. The predicted molar refractivity (Wildman–Crippen MR) is 109 cm³/mol. The molecule has 4 nitrogen and oxygen atoms in total. The molecule has 0 saturated carbocycles. The van der Waals surface area contributed by atoms with Crippen molar-refractivity contribution in [1.29, 1.82) is 0 Å². The Morgan fingerprint density at radius 2 is 1.81 bits per heavy atom. The molecule has 0 aliphatic carbocycles. The van der Waals surface area contributed by atoms with Crippen molar-refractivity contribution in [1.82, 2.24) is 15.0 Å². The Morgan fingerprint density at radius 3 is 2.67 bits per heavy atom. The topological polar surface area (TPSA) is 51.8 Å². The van der Waals surface area contributed by atoms with Crippen molar-refractivity contribution in [3.63, 3.8) is 0 Å². The Balaban J connectivity index is 1.79. The van der Waals surface area contributed by atoms with E-state index in [2.05, 4.69) is 15.0 Å². The number of para-hydroxylation sites is 1. The third-order valence-electron chi connectivity index (χ3n) is 4.80. The van der Waals surface area contributed by atoms with Gasteiger partial charge in [-0.05, 0) is 62.9 Å². The number of aromatic nitrogens is 3. The molecule has 0 atom stereocenters. The molecule has 0 N–H and O–H groups in total. The van der Waals surface area contributed by atoms with E-state index in [1.165, 1.54) is 6.07 Å². The van der Waals surface area contributed by atoms with E-state index in [0.29, 0.717) is 28.2 Å². The van der Waals surface area contributed by atoms with Crippen LogP contribution in [-0.2, 0) is 0 Å². The lowest BCUT2D eigenvalue weighted by Crippen LogP contribution is -1.92. The lowest BCUT2D eigenvalue weighted by Gasteiger charge is -2.05. The van der Waals surface area contributed by atoms with Crippen LogP contribution < -0.4 is 0 Å². The summed E-state index contributed by atoms with van der Waals surface area (Å²) in [6.07, 6.45) is 1.13. The number of furan rings is 1. The molecule has 3 aromatic heterocycles. The summed E-state index contributed by atoms with van der Waals surface area (Å²) in [5, 5.41) is 2.58. The van der Waals surface area contributed by atoms with Crippen LogP contribution in [0.2, 0.25) is 0 Å². The number of rotatable bonds is 1. The van der Waals surface area contributed by atoms with Gasteiger partial charge in [-0.2, -0.15) is 0 Å². The molecule has 5 rings (SSSR count). The smallest absolute Gasteiger partial charge is 0.144 e. The fourth-order valence-corrected chi connectivity index (χ4v) is 3.52. The quantitative estimate of drug-likeness (QED) is 0.378. The number of benzene rings is 2. The van der Waals surface area contributed by atoms with E-state index in [1.54, 1.807) is 6.07 Å². The van der Waals surface area contributed by atoms with Crippen molar-refractivity contribution >= 4 is 32.8 Å². The Morgan fingerprint density at radius 1 is 0.926 bits per heavy atom. The molecule has 0 radical (unpaired) electrons. The van der Waals surface area contributed by atoms with Crippen LogP contribution in [0.4, 0.5) is 0 Å². The first-order valence-corrected chi connectivity index (χ1v) is 8.55. The molecule has 132 valence electrons. The molecule has 0 aliphatic heterocycles. The van der Waals surface area contributed by atoms with Gasteiger partial charge < -0.3 is 4.42 Å². The number of pyridine rings is 1. The van der Waals surface area contributed by atoms with Gasteiger partial charge in [-0.3, -0.25) is 4.98 Å². The van der Waals surface area contributed by atoms with Crippen molar-refractivity contribution in [2.45, 2.75) is 27.6 Å². The molecular weight excluding hydrogens is 334 g/mol. The molecule has 4 heteroatoms. The minimum atomic E-state index is -2.60. The van der Waals surface area contributed by atoms with Gasteiger partial charge in [-0.15, -0.1) is 0 Å². The molecule has 3 heterocycles. The summed E-state index contributed by atoms with van der Waals surface area (Å²) in [5.41, 5.74) is 3.23. The highest BCUT2D eigenvalue weighted by atomic mass is 16.3. The number of hydrogen-bond acceptors (Lipinski definition) is 4. The van der Waals surface area contributed by atoms with Gasteiger partial charge in [0.05, 0.1) is 11.2 Å². The molecule has 0 amide bonds. The number of aryl methyl sites for hydroxylation is 4. The summed E-state index contributed by atoms with van der Waals surface area (Å²) < 4.78 is 52.8. The fourth-order valence-electron chi connectivity index (χ4n) is 3.52. The molecule has 0 bridgehead atoms. The zero-order valence-electron chi connectivity index (χ0n) is 20.8. The van der Waals surface area contributed by atoms with E-state index in [1.807, 2.05) is 38.1 Å². The monoisotopic (exact) mass is 359 g/mol. The van der Waals surface area contributed by atoms with Crippen molar-refractivity contribution in [2.24, 2.45) is 0 Å². The zero-order chi connectivity index (χ0) is 23.7. The van der Waals surface area contributed by atoms with Crippen LogP contribution in [0.1, 0.15) is 30.9 Å². The van der Waals surface area contributed by atoms with Crippen molar-refractivity contribution in [3.8, 4) is 11.3 Å². The van der Waals surface area contributed by atoms with Crippen molar-refractivity contribution < 1.29 is 12.6 Å². The van der Waals surface area contributed by atoms with Gasteiger partial charge in [0, 0.05) is 41.8 Å². The third kappa shape index (κ3) is 2.40. The van der Waals surface area contributed by atoms with Crippen LogP contribution >= 0.6 is 0 Å². The largest absolute Gasteiger partial charge is 0.455 e. The maximum absolute atomic E-state index is 7.84. The summed E-state index contributed by atoms with van der Waals surface area (Å²) in [6, 6.07) is 10.7. The Hall–Kier alpha value is -3.27. The summed E-state index contributed by atoms with van der Waals surface area (Å²) >= 11 is 0. The van der Waals surface area contributed by atoms with Crippen LogP contribution in [0.3, 0.4) is 0 Å². The number of nitrogens with zero attached hydrogens (tertiary/aromatic N) is 3. The van der Waals surface area contributed by atoms with Crippen LogP contribution in [0.5, 0.6) is 0 Å². The highest BCUT2D eigenvalue weighted by molar-refractivity contribution is 6.12. The number of fused-ring (bicyclic) bond motifs is 4. The lowest BCUT2D eigenvalue weighted by atomic mass is 10.0. The summed E-state index contributed by atoms with van der Waals surface area (Å²) in [6.45, 7) is -1.42. The maximum Gasteiger partial charge on any atom is 0.144 e. The van der Waals surface area contributed by atoms with Gasteiger partial charge in [0.1, 0.15) is 17.0 Å². The normalized spacial score (nSPS) is 15.9. The van der Waals surface area contributed by atoms with E-state index in [9.17, 15) is 0 Å². The molecule has 0 unspecified atom stereocenters. The minimum absolute atomic E-state index is 0.243. The second-order valence-corrected chi connectivity index (χ2v) is 6.62. The minimum Gasteiger partial charge on any atom is -0.455 e. The first kappa shape index (κ1) is 10.8. The van der Waals surface area contributed by atoms with Gasteiger partial charge in [0.15, 0.2) is 0 Å². The Bertz CT molecular complexity index is 1570. The van der Waals surface area contributed by atoms with Crippen molar-refractivity contribution in [3.05, 3.63) is 65.2 Å².